The van der Waals surface area contributed by atoms with E-state index in [-0.39, 0.29) is 11.7 Å². The predicted octanol–water partition coefficient (Wildman–Crippen LogP) is 14.7. The SMILES string of the molecule is CCCC(C(=O)Cc1ccc2cnccc2c1)c1ccc(O[Si](C(C)C)(C(C)C)C(C)C)cc1.CCCC(C(=O)O)c1ccc(O[Si](C(C)C)(C(C)C)C(C)C)cc1. The van der Waals surface area contributed by atoms with Crippen LogP contribution < -0.4 is 8.85 Å². The molecule has 4 rings (SSSR count). The molecule has 0 fully saturated rings. The number of carboxylic acids is 1. The van der Waals surface area contributed by atoms with E-state index in [1.54, 1.807) is 6.20 Å². The molecule has 0 saturated heterocycles. The monoisotopic (exact) mass is 826 g/mol. The zero-order valence-electron chi connectivity index (χ0n) is 38.3. The Balaban J connectivity index is 0.000000331. The summed E-state index contributed by atoms with van der Waals surface area (Å²) in [6.07, 6.45) is 7.47. The van der Waals surface area contributed by atoms with Crippen molar-refractivity contribution in [3.05, 3.63) is 102 Å². The molecule has 0 saturated carbocycles. The van der Waals surface area contributed by atoms with Crippen LogP contribution >= 0.6 is 0 Å². The fourth-order valence-corrected chi connectivity index (χ4v) is 20.2. The van der Waals surface area contributed by atoms with Crippen molar-refractivity contribution in [2.45, 2.75) is 174 Å². The molecule has 4 aromatic rings. The number of carboxylic acid groups (broad SMARTS) is 1. The molecule has 0 aliphatic rings. The number of nitrogens with zero attached hydrogens (tertiary/aromatic N) is 1. The molecular weight excluding hydrogens is 751 g/mol. The number of ketones is 1. The third kappa shape index (κ3) is 11.7. The van der Waals surface area contributed by atoms with Crippen molar-refractivity contribution in [1.29, 1.82) is 0 Å². The quantitative estimate of drug-likeness (QED) is 0.0893. The number of hydrogen-bond acceptors (Lipinski definition) is 5. The highest BCUT2D eigenvalue weighted by atomic mass is 28.4. The molecule has 0 amide bonds. The molecule has 1 heterocycles. The van der Waals surface area contributed by atoms with Gasteiger partial charge in [-0.05, 0) is 98.5 Å². The van der Waals surface area contributed by atoms with Crippen molar-refractivity contribution >= 4 is 39.2 Å². The number of carbonyl (C=O) groups excluding carboxylic acids is 1. The molecule has 1 aromatic heterocycles. The van der Waals surface area contributed by atoms with Gasteiger partial charge in [-0.15, -0.1) is 0 Å². The van der Waals surface area contributed by atoms with Crippen molar-refractivity contribution in [1.82, 2.24) is 4.98 Å². The summed E-state index contributed by atoms with van der Waals surface area (Å²) in [5, 5.41) is 11.6. The van der Waals surface area contributed by atoms with Gasteiger partial charge in [-0.25, -0.2) is 0 Å². The lowest BCUT2D eigenvalue weighted by atomic mass is 9.87. The zero-order valence-corrected chi connectivity index (χ0v) is 40.3. The molecule has 1 N–H and O–H groups in total. The molecule has 8 heteroatoms. The van der Waals surface area contributed by atoms with E-state index in [0.29, 0.717) is 46.1 Å². The summed E-state index contributed by atoms with van der Waals surface area (Å²) >= 11 is 0. The van der Waals surface area contributed by atoms with Crippen LogP contribution in [0.2, 0.25) is 33.2 Å². The van der Waals surface area contributed by atoms with Crippen molar-refractivity contribution in [2.24, 2.45) is 0 Å². The molecule has 58 heavy (non-hydrogen) atoms. The van der Waals surface area contributed by atoms with Crippen LogP contribution in [0.3, 0.4) is 0 Å². The first-order chi connectivity index (χ1) is 27.3. The highest BCUT2D eigenvalue weighted by molar-refractivity contribution is 6.78. The molecule has 318 valence electrons. The second-order valence-electron chi connectivity index (χ2n) is 18.2. The molecule has 0 spiro atoms. The van der Waals surface area contributed by atoms with Gasteiger partial charge in [0.1, 0.15) is 17.3 Å². The van der Waals surface area contributed by atoms with Crippen LogP contribution in [0.4, 0.5) is 0 Å². The zero-order chi connectivity index (χ0) is 43.4. The van der Waals surface area contributed by atoms with Gasteiger partial charge in [0.25, 0.3) is 16.6 Å². The number of aromatic nitrogens is 1. The maximum atomic E-state index is 13.4. The fraction of sp³-hybridized carbons (Fsp3) is 0.540. The molecule has 2 atom stereocenters. The number of pyridine rings is 1. The Morgan fingerprint density at radius 1 is 0.569 bits per heavy atom. The van der Waals surface area contributed by atoms with Gasteiger partial charge < -0.3 is 14.0 Å². The first-order valence-electron chi connectivity index (χ1n) is 22.0. The fourth-order valence-electron chi connectivity index (χ4n) is 9.74. The average molecular weight is 826 g/mol. The van der Waals surface area contributed by atoms with Crippen LogP contribution in [-0.4, -0.2) is 38.5 Å². The summed E-state index contributed by atoms with van der Waals surface area (Å²) in [6, 6.07) is 24.4. The average Bonchev–Trinajstić information content (AvgIpc) is 3.17. The lowest BCUT2D eigenvalue weighted by molar-refractivity contribution is -0.139. The second kappa shape index (κ2) is 22.0. The van der Waals surface area contributed by atoms with Gasteiger partial charge >= 0.3 is 5.97 Å². The van der Waals surface area contributed by atoms with Gasteiger partial charge in [0, 0.05) is 30.1 Å². The van der Waals surface area contributed by atoms with Crippen LogP contribution in [0.5, 0.6) is 11.5 Å². The highest BCUT2D eigenvalue weighted by Crippen LogP contribution is 2.44. The van der Waals surface area contributed by atoms with E-state index < -0.39 is 28.5 Å². The van der Waals surface area contributed by atoms with Gasteiger partial charge in [-0.2, -0.15) is 0 Å². The maximum Gasteiger partial charge on any atom is 0.310 e. The summed E-state index contributed by atoms with van der Waals surface area (Å²) in [7, 11) is -3.96. The lowest BCUT2D eigenvalue weighted by Crippen LogP contribution is -2.50. The first-order valence-corrected chi connectivity index (χ1v) is 26.3. The van der Waals surface area contributed by atoms with Crippen LogP contribution in [-0.2, 0) is 16.0 Å². The van der Waals surface area contributed by atoms with E-state index >= 15 is 0 Å². The Morgan fingerprint density at radius 3 is 1.38 bits per heavy atom. The smallest absolute Gasteiger partial charge is 0.310 e. The van der Waals surface area contributed by atoms with Crippen LogP contribution in [0.1, 0.15) is 151 Å². The minimum absolute atomic E-state index is 0.0884. The van der Waals surface area contributed by atoms with Crippen molar-refractivity contribution in [3.63, 3.8) is 0 Å². The topological polar surface area (TPSA) is 85.7 Å². The highest BCUT2D eigenvalue weighted by Gasteiger charge is 2.48. The number of Topliss-reactive ketones (excluding diaryl/α,β-unsaturated/α-hetero) is 1. The summed E-state index contributed by atoms with van der Waals surface area (Å²) in [5.41, 5.74) is 6.15. The number of carbonyl (C=O) groups is 2. The predicted molar refractivity (Wildman–Crippen MR) is 250 cm³/mol. The minimum atomic E-state index is -1.99. The Bertz CT molecular complexity index is 1820. The van der Waals surface area contributed by atoms with Crippen LogP contribution in [0, 0.1) is 0 Å². The van der Waals surface area contributed by atoms with E-state index in [1.807, 2.05) is 43.5 Å². The Labute approximate surface area is 353 Å². The Kier molecular flexibility index (Phi) is 18.5. The number of fused-ring (bicyclic) bond motifs is 1. The number of benzene rings is 3. The standard InChI is InChI=1S/C30H41NO2Si.C20H34O3Si/c1-8-9-29(30(32)19-24-10-11-27-20-31-17-16-26(27)18-24)25-12-14-28(15-13-25)33-34(21(2)3,22(4)5)23(6)7;1-8-9-19(20(21)22)17-10-12-18(13-11-17)23-24(14(2)3,15(4)5)16(6)7/h10-18,20-23,29H,8-9,19H2,1-7H3;10-16,19H,8-9H2,1-7H3,(H,21,22). The summed E-state index contributed by atoms with van der Waals surface area (Å²) in [4.78, 5) is 29.0. The largest absolute Gasteiger partial charge is 0.543 e. The van der Waals surface area contributed by atoms with Gasteiger partial charge in [0.2, 0.25) is 0 Å². The summed E-state index contributed by atoms with van der Waals surface area (Å²) in [6.45, 7) is 31.6. The normalized spacial score (nSPS) is 13.3. The van der Waals surface area contributed by atoms with E-state index in [9.17, 15) is 14.7 Å². The van der Waals surface area contributed by atoms with Gasteiger partial charge in [0.05, 0.1) is 5.92 Å². The third-order valence-electron chi connectivity index (χ3n) is 12.5. The first kappa shape index (κ1) is 48.6. The van der Waals surface area contributed by atoms with E-state index in [0.717, 1.165) is 58.2 Å². The molecule has 0 bridgehead atoms. The van der Waals surface area contributed by atoms with Crippen LogP contribution in [0.25, 0.3) is 10.8 Å². The van der Waals surface area contributed by atoms with E-state index in [2.05, 4.69) is 137 Å². The Morgan fingerprint density at radius 2 is 0.983 bits per heavy atom. The van der Waals surface area contributed by atoms with Crippen LogP contribution in [0.15, 0.2) is 85.2 Å². The van der Waals surface area contributed by atoms with Crippen molar-refractivity contribution in [3.8, 4) is 11.5 Å². The molecule has 2 unspecified atom stereocenters. The minimum Gasteiger partial charge on any atom is -0.543 e. The molecule has 0 aliphatic carbocycles. The number of rotatable bonds is 20. The second-order valence-corrected chi connectivity index (χ2v) is 28.9. The number of hydrogen-bond donors (Lipinski definition) is 1. The molecular formula is C50H75NO5Si2. The van der Waals surface area contributed by atoms with E-state index in [1.165, 1.54) is 0 Å². The van der Waals surface area contributed by atoms with Crippen molar-refractivity contribution in [2.75, 3.05) is 0 Å². The summed E-state index contributed by atoms with van der Waals surface area (Å²) < 4.78 is 13.5. The lowest BCUT2D eigenvalue weighted by Gasteiger charge is -2.42. The molecule has 0 radical (unpaired) electrons. The molecule has 6 nitrogen and oxygen atoms in total. The van der Waals surface area contributed by atoms with Gasteiger partial charge in [-0.1, -0.05) is 152 Å². The number of aliphatic carboxylic acids is 1. The third-order valence-corrected chi connectivity index (χ3v) is 24.5. The van der Waals surface area contributed by atoms with Crippen molar-refractivity contribution < 1.29 is 23.5 Å². The molecule has 3 aromatic carbocycles. The Hall–Kier alpha value is -3.76. The van der Waals surface area contributed by atoms with Gasteiger partial charge in [-0.3, -0.25) is 14.6 Å². The summed E-state index contributed by atoms with van der Waals surface area (Å²) in [5.74, 6) is 0.834. The van der Waals surface area contributed by atoms with E-state index in [4.69, 9.17) is 8.85 Å². The van der Waals surface area contributed by atoms with Gasteiger partial charge in [0.15, 0.2) is 0 Å². The maximum absolute atomic E-state index is 13.4. The molecule has 0 aliphatic heterocycles.